The maximum Gasteiger partial charge on any atom is 0.339 e. The zero-order valence-corrected chi connectivity index (χ0v) is 14.7. The van der Waals surface area contributed by atoms with Gasteiger partial charge in [-0.2, -0.15) is 0 Å². The predicted molar refractivity (Wildman–Crippen MR) is 87.3 cm³/mol. The van der Waals surface area contributed by atoms with E-state index in [4.69, 9.17) is 16.3 Å². The van der Waals surface area contributed by atoms with Crippen LogP contribution in [0.25, 0.3) is 0 Å². The Morgan fingerprint density at radius 2 is 2.12 bits per heavy atom. The molecule has 134 valence electrons. The normalized spacial score (nSPS) is 39.9. The van der Waals surface area contributed by atoms with Gasteiger partial charge in [0, 0.05) is 11.8 Å². The molecule has 3 rings (SSSR count). The van der Waals surface area contributed by atoms with Gasteiger partial charge < -0.3 is 20.3 Å². The molecular formula is C17H24ClNO5. The molecule has 0 aromatic carbocycles. The summed E-state index contributed by atoms with van der Waals surface area (Å²) >= 11 is 5.78. The molecule has 7 heteroatoms. The number of carbonyl (C=O) groups excluding carboxylic acids is 2. The summed E-state index contributed by atoms with van der Waals surface area (Å²) in [6.45, 7) is 3.45. The van der Waals surface area contributed by atoms with Crippen molar-refractivity contribution in [2.75, 3.05) is 12.5 Å². The molecule has 0 radical (unpaired) electrons. The van der Waals surface area contributed by atoms with Crippen molar-refractivity contribution in [2.24, 2.45) is 11.8 Å². The van der Waals surface area contributed by atoms with Gasteiger partial charge in [-0.05, 0) is 39.5 Å². The number of amides is 1. The molecule has 5 atom stereocenters. The summed E-state index contributed by atoms with van der Waals surface area (Å²) in [6.07, 6.45) is 1.76. The number of nitrogens with one attached hydrogen (secondary N) is 1. The smallest absolute Gasteiger partial charge is 0.339 e. The Labute approximate surface area is 146 Å². The largest absolute Gasteiger partial charge is 0.451 e. The van der Waals surface area contributed by atoms with Gasteiger partial charge in [-0.1, -0.05) is 11.1 Å². The van der Waals surface area contributed by atoms with Crippen LogP contribution in [0.3, 0.4) is 0 Å². The van der Waals surface area contributed by atoms with Crippen LogP contribution in [-0.2, 0) is 14.3 Å². The van der Waals surface area contributed by atoms with E-state index in [0.717, 1.165) is 24.8 Å². The van der Waals surface area contributed by atoms with Crippen molar-refractivity contribution in [3.63, 3.8) is 0 Å². The summed E-state index contributed by atoms with van der Waals surface area (Å²) in [7, 11) is 0. The number of fused-ring (bicyclic) bond motifs is 1. The van der Waals surface area contributed by atoms with Crippen molar-refractivity contribution in [1.82, 2.24) is 5.32 Å². The van der Waals surface area contributed by atoms with Gasteiger partial charge in [-0.15, -0.1) is 11.6 Å². The molecule has 3 unspecified atom stereocenters. The highest BCUT2D eigenvalue weighted by molar-refractivity contribution is 6.18. The minimum Gasteiger partial charge on any atom is -0.451 e. The summed E-state index contributed by atoms with van der Waals surface area (Å²) in [5, 5.41) is 23.8. The Balaban J connectivity index is 2.02. The minimum absolute atomic E-state index is 0.199. The number of hydrogen-bond acceptors (Lipinski definition) is 5. The molecule has 6 nitrogen and oxygen atoms in total. The molecule has 3 N–H and O–H groups in total. The number of allylic oxidation sites excluding steroid dienone is 1. The zero-order chi connectivity index (χ0) is 17.7. The first-order valence-electron chi connectivity index (χ1n) is 8.42. The van der Waals surface area contributed by atoms with Gasteiger partial charge in [0.2, 0.25) is 11.4 Å². The lowest BCUT2D eigenvalue weighted by Crippen LogP contribution is -2.82. The van der Waals surface area contributed by atoms with Crippen LogP contribution in [0.15, 0.2) is 11.1 Å². The van der Waals surface area contributed by atoms with E-state index in [-0.39, 0.29) is 18.2 Å². The number of aliphatic hydroxyl groups excluding tert-OH is 2. The molecule has 24 heavy (non-hydrogen) atoms. The van der Waals surface area contributed by atoms with Crippen LogP contribution in [0.4, 0.5) is 0 Å². The molecule has 2 saturated heterocycles. The van der Waals surface area contributed by atoms with Crippen LogP contribution >= 0.6 is 11.6 Å². The Bertz CT molecular complexity index is 606. The first-order chi connectivity index (χ1) is 11.4. The van der Waals surface area contributed by atoms with Gasteiger partial charge in [0.15, 0.2) is 5.60 Å². The quantitative estimate of drug-likeness (QED) is 0.386. The number of alkyl halides is 1. The SMILES string of the molecule is CC1=C(C)C([C@H](O)C23NC(=O)[C@H](CCCl)C2(CO)OC3=O)CCC1. The Hall–Kier alpha value is -1.11. The summed E-state index contributed by atoms with van der Waals surface area (Å²) in [4.78, 5) is 24.8. The van der Waals surface area contributed by atoms with Crippen molar-refractivity contribution in [3.8, 4) is 0 Å². The molecular weight excluding hydrogens is 334 g/mol. The van der Waals surface area contributed by atoms with E-state index in [1.165, 1.54) is 5.57 Å². The maximum absolute atomic E-state index is 12.4. The predicted octanol–water partition coefficient (Wildman–Crippen LogP) is 0.885. The van der Waals surface area contributed by atoms with Crippen molar-refractivity contribution in [1.29, 1.82) is 0 Å². The molecule has 0 aromatic rings. The van der Waals surface area contributed by atoms with Crippen molar-refractivity contribution < 1.29 is 24.5 Å². The second-order valence-corrected chi connectivity index (χ2v) is 7.55. The van der Waals surface area contributed by atoms with E-state index >= 15 is 0 Å². The van der Waals surface area contributed by atoms with Crippen molar-refractivity contribution in [3.05, 3.63) is 11.1 Å². The summed E-state index contributed by atoms with van der Waals surface area (Å²) in [5.41, 5.74) is -0.768. The van der Waals surface area contributed by atoms with Gasteiger partial charge in [0.25, 0.3) is 0 Å². The highest BCUT2D eigenvalue weighted by atomic mass is 35.5. The molecule has 0 saturated carbocycles. The van der Waals surface area contributed by atoms with Gasteiger partial charge >= 0.3 is 5.97 Å². The van der Waals surface area contributed by atoms with Crippen LogP contribution in [0.2, 0.25) is 0 Å². The first-order valence-corrected chi connectivity index (χ1v) is 8.95. The van der Waals surface area contributed by atoms with Crippen molar-refractivity contribution in [2.45, 2.75) is 56.8 Å². The molecule has 1 amide bonds. The lowest BCUT2D eigenvalue weighted by molar-refractivity contribution is -0.252. The Kier molecular flexibility index (Phi) is 4.43. The topological polar surface area (TPSA) is 95.9 Å². The molecule has 0 bridgehead atoms. The monoisotopic (exact) mass is 357 g/mol. The summed E-state index contributed by atoms with van der Waals surface area (Å²) in [5.74, 6) is -1.87. The highest BCUT2D eigenvalue weighted by Crippen LogP contribution is 2.54. The third kappa shape index (κ3) is 2.02. The molecule has 0 spiro atoms. The van der Waals surface area contributed by atoms with Crippen molar-refractivity contribution >= 4 is 23.5 Å². The van der Waals surface area contributed by atoms with Gasteiger partial charge in [0.05, 0.1) is 18.6 Å². The number of esters is 1. The van der Waals surface area contributed by atoms with Crippen LogP contribution < -0.4 is 5.32 Å². The van der Waals surface area contributed by atoms with Gasteiger partial charge in [-0.3, -0.25) is 4.79 Å². The third-order valence-electron chi connectivity index (χ3n) is 6.22. The Morgan fingerprint density at radius 3 is 2.71 bits per heavy atom. The maximum atomic E-state index is 12.4. The fraction of sp³-hybridized carbons (Fsp3) is 0.765. The van der Waals surface area contributed by atoms with E-state index in [9.17, 15) is 19.8 Å². The first kappa shape index (κ1) is 17.7. The average Bonchev–Trinajstić information content (AvgIpc) is 2.75. The number of hydrogen-bond donors (Lipinski definition) is 3. The lowest BCUT2D eigenvalue weighted by atomic mass is 9.62. The molecule has 0 aromatic heterocycles. The number of carbonyl (C=O) groups is 2. The Morgan fingerprint density at radius 1 is 1.42 bits per heavy atom. The van der Waals surface area contributed by atoms with Crippen LogP contribution in [0.1, 0.15) is 39.5 Å². The molecule has 1 aliphatic carbocycles. The van der Waals surface area contributed by atoms with Crippen LogP contribution in [0.5, 0.6) is 0 Å². The number of halogens is 1. The average molecular weight is 358 g/mol. The molecule has 2 fully saturated rings. The minimum atomic E-state index is -1.58. The number of rotatable bonds is 5. The van der Waals surface area contributed by atoms with E-state index in [1.54, 1.807) is 0 Å². The van der Waals surface area contributed by atoms with E-state index in [0.29, 0.717) is 0 Å². The standard InChI is InChI=1S/C17H24ClNO5/c1-9-4-3-5-11(10(9)2)13(21)17-15(23)24-16(17,8-20)12(6-7-18)14(22)19-17/h11-13,20-21H,3-8H2,1-2H3,(H,19,22)/t11?,12-,13-,16?,17?/m0/s1. The molecule has 3 aliphatic rings. The molecule has 2 aliphatic heterocycles. The summed E-state index contributed by atoms with van der Waals surface area (Å²) in [6, 6.07) is 0. The number of ether oxygens (including phenoxy) is 1. The van der Waals surface area contributed by atoms with Crippen LogP contribution in [-0.4, -0.2) is 51.8 Å². The molecule has 2 heterocycles. The fourth-order valence-corrected chi connectivity index (χ4v) is 4.87. The van der Waals surface area contributed by atoms with E-state index in [1.807, 2.05) is 13.8 Å². The second kappa shape index (κ2) is 6.00. The van der Waals surface area contributed by atoms with E-state index in [2.05, 4.69) is 5.32 Å². The highest BCUT2D eigenvalue weighted by Gasteiger charge is 2.81. The third-order valence-corrected chi connectivity index (χ3v) is 6.44. The zero-order valence-electron chi connectivity index (χ0n) is 14.0. The number of aliphatic hydroxyl groups is 2. The lowest BCUT2D eigenvalue weighted by Gasteiger charge is -2.55. The summed E-state index contributed by atoms with van der Waals surface area (Å²) < 4.78 is 5.31. The second-order valence-electron chi connectivity index (χ2n) is 7.17. The van der Waals surface area contributed by atoms with Crippen LogP contribution in [0, 0.1) is 11.8 Å². The fourth-order valence-electron chi connectivity index (χ4n) is 4.65. The van der Waals surface area contributed by atoms with Gasteiger partial charge in [-0.25, -0.2) is 4.79 Å². The van der Waals surface area contributed by atoms with E-state index < -0.39 is 41.6 Å². The van der Waals surface area contributed by atoms with Gasteiger partial charge in [0.1, 0.15) is 0 Å².